The highest BCUT2D eigenvalue weighted by atomic mass is 127. The third-order valence-electron chi connectivity index (χ3n) is 3.65. The van der Waals surface area contributed by atoms with E-state index in [9.17, 15) is 9.18 Å². The Labute approximate surface area is 126 Å². The molecule has 0 radical (unpaired) electrons. The van der Waals surface area contributed by atoms with Crippen molar-refractivity contribution in [3.63, 3.8) is 0 Å². The zero-order valence-electron chi connectivity index (χ0n) is 10.9. The fourth-order valence-electron chi connectivity index (χ4n) is 2.46. The first-order chi connectivity index (χ1) is 9.10. The van der Waals surface area contributed by atoms with Crippen molar-refractivity contribution >= 4 is 28.5 Å². The maximum absolute atomic E-state index is 13.0. The topological polar surface area (TPSA) is 41.1 Å². The molecule has 0 heterocycles. The van der Waals surface area contributed by atoms with E-state index in [0.717, 1.165) is 25.7 Å². The minimum Gasteiger partial charge on any atom is -0.349 e. The average molecular weight is 376 g/mol. The molecule has 0 atom stereocenters. The summed E-state index contributed by atoms with van der Waals surface area (Å²) < 4.78 is 13.7. The van der Waals surface area contributed by atoms with E-state index in [1.54, 1.807) is 6.07 Å². The maximum atomic E-state index is 13.0. The third-order valence-corrected chi connectivity index (χ3v) is 4.54. The Morgan fingerprint density at radius 1 is 1.26 bits per heavy atom. The van der Waals surface area contributed by atoms with Crippen LogP contribution in [0.4, 0.5) is 4.39 Å². The van der Waals surface area contributed by atoms with Gasteiger partial charge in [-0.3, -0.25) is 4.79 Å². The molecular weight excluding hydrogens is 358 g/mol. The monoisotopic (exact) mass is 376 g/mol. The molecule has 19 heavy (non-hydrogen) atoms. The van der Waals surface area contributed by atoms with Crippen molar-refractivity contribution in [3.8, 4) is 0 Å². The zero-order chi connectivity index (χ0) is 13.8. The predicted molar refractivity (Wildman–Crippen MR) is 81.7 cm³/mol. The second kappa shape index (κ2) is 6.65. The van der Waals surface area contributed by atoms with E-state index in [1.165, 1.54) is 12.1 Å². The summed E-state index contributed by atoms with van der Waals surface area (Å²) in [5.41, 5.74) is 0.553. The number of halogens is 2. The molecule has 1 aliphatic rings. The summed E-state index contributed by atoms with van der Waals surface area (Å²) in [5, 5.41) is 6.32. The van der Waals surface area contributed by atoms with Gasteiger partial charge >= 0.3 is 0 Å². The molecule has 0 unspecified atom stereocenters. The normalized spacial score (nSPS) is 23.1. The second-order valence-electron chi connectivity index (χ2n) is 4.93. The molecule has 3 nitrogen and oxygen atoms in total. The van der Waals surface area contributed by atoms with E-state index >= 15 is 0 Å². The molecule has 0 bridgehead atoms. The van der Waals surface area contributed by atoms with Crippen LogP contribution in [0.5, 0.6) is 0 Å². The lowest BCUT2D eigenvalue weighted by Gasteiger charge is -2.28. The highest BCUT2D eigenvalue weighted by Gasteiger charge is 2.22. The van der Waals surface area contributed by atoms with Crippen molar-refractivity contribution in [2.24, 2.45) is 0 Å². The van der Waals surface area contributed by atoms with Gasteiger partial charge in [0, 0.05) is 15.7 Å². The number of hydrogen-bond acceptors (Lipinski definition) is 2. The lowest BCUT2D eigenvalue weighted by molar-refractivity contribution is 0.0923. The lowest BCUT2D eigenvalue weighted by Crippen LogP contribution is -2.41. The fourth-order valence-corrected chi connectivity index (χ4v) is 3.19. The van der Waals surface area contributed by atoms with Crippen LogP contribution in [-0.2, 0) is 0 Å². The number of rotatable bonds is 3. The molecule has 1 aromatic rings. The van der Waals surface area contributed by atoms with Gasteiger partial charge in [-0.25, -0.2) is 4.39 Å². The number of carbonyl (C=O) groups is 1. The van der Waals surface area contributed by atoms with Crippen LogP contribution in [0.3, 0.4) is 0 Å². The van der Waals surface area contributed by atoms with Crippen molar-refractivity contribution in [3.05, 3.63) is 33.1 Å². The number of amides is 1. The summed E-state index contributed by atoms with van der Waals surface area (Å²) in [4.78, 5) is 12.1. The molecule has 5 heteroatoms. The molecule has 0 aromatic heterocycles. The van der Waals surface area contributed by atoms with Gasteiger partial charge in [-0.05, 0) is 73.5 Å². The second-order valence-corrected chi connectivity index (χ2v) is 6.10. The molecule has 1 amide bonds. The van der Waals surface area contributed by atoms with Gasteiger partial charge in [0.05, 0.1) is 5.56 Å². The number of benzene rings is 1. The van der Waals surface area contributed by atoms with E-state index in [-0.39, 0.29) is 17.8 Å². The smallest absolute Gasteiger partial charge is 0.252 e. The summed E-state index contributed by atoms with van der Waals surface area (Å²) in [6, 6.07) is 5.06. The van der Waals surface area contributed by atoms with Crippen LogP contribution in [0.15, 0.2) is 18.2 Å². The number of hydrogen-bond donors (Lipinski definition) is 2. The third kappa shape index (κ3) is 3.89. The van der Waals surface area contributed by atoms with E-state index in [0.29, 0.717) is 15.2 Å². The van der Waals surface area contributed by atoms with Gasteiger partial charge < -0.3 is 10.6 Å². The van der Waals surface area contributed by atoms with Gasteiger partial charge in [-0.15, -0.1) is 0 Å². The van der Waals surface area contributed by atoms with Crippen molar-refractivity contribution < 1.29 is 9.18 Å². The van der Waals surface area contributed by atoms with Gasteiger partial charge in [0.2, 0.25) is 0 Å². The van der Waals surface area contributed by atoms with Crippen LogP contribution >= 0.6 is 22.6 Å². The van der Waals surface area contributed by atoms with E-state index in [2.05, 4.69) is 10.6 Å². The zero-order valence-corrected chi connectivity index (χ0v) is 13.0. The number of nitrogens with one attached hydrogen (secondary N) is 2. The van der Waals surface area contributed by atoms with E-state index in [1.807, 2.05) is 29.6 Å². The lowest BCUT2D eigenvalue weighted by atomic mass is 9.91. The molecular formula is C14H18FIN2O. The van der Waals surface area contributed by atoms with E-state index < -0.39 is 0 Å². The van der Waals surface area contributed by atoms with Crippen molar-refractivity contribution in [2.75, 3.05) is 7.05 Å². The van der Waals surface area contributed by atoms with Crippen LogP contribution in [0.25, 0.3) is 0 Å². The van der Waals surface area contributed by atoms with Crippen LogP contribution in [0, 0.1) is 9.39 Å². The SMILES string of the molecule is CNC1CCC(NC(=O)c2ccc(F)cc2I)CC1. The van der Waals surface area contributed by atoms with Gasteiger partial charge in [0.15, 0.2) is 0 Å². The molecule has 0 aliphatic heterocycles. The van der Waals surface area contributed by atoms with Gasteiger partial charge in [0.1, 0.15) is 5.82 Å². The van der Waals surface area contributed by atoms with Gasteiger partial charge in [0.25, 0.3) is 5.91 Å². The summed E-state index contributed by atoms with van der Waals surface area (Å²) >= 11 is 1.99. The van der Waals surface area contributed by atoms with Gasteiger partial charge in [-0.1, -0.05) is 0 Å². The van der Waals surface area contributed by atoms with Gasteiger partial charge in [-0.2, -0.15) is 0 Å². The Bertz CT molecular complexity index is 459. The Kier molecular flexibility index (Phi) is 5.15. The Morgan fingerprint density at radius 3 is 2.47 bits per heavy atom. The van der Waals surface area contributed by atoms with Crippen LogP contribution in [0.1, 0.15) is 36.0 Å². The molecule has 1 aromatic carbocycles. The standard InChI is InChI=1S/C14H18FIN2O/c1-17-10-3-5-11(6-4-10)18-14(19)12-7-2-9(15)8-13(12)16/h2,7-8,10-11,17H,3-6H2,1H3,(H,18,19). The highest BCUT2D eigenvalue weighted by Crippen LogP contribution is 2.20. The minimum atomic E-state index is -0.310. The number of carbonyl (C=O) groups excluding carboxylic acids is 1. The van der Waals surface area contributed by atoms with Crippen LogP contribution < -0.4 is 10.6 Å². The van der Waals surface area contributed by atoms with Crippen molar-refractivity contribution in [2.45, 2.75) is 37.8 Å². The summed E-state index contributed by atoms with van der Waals surface area (Å²) in [6.45, 7) is 0. The maximum Gasteiger partial charge on any atom is 0.252 e. The Balaban J connectivity index is 1.94. The Morgan fingerprint density at radius 2 is 1.89 bits per heavy atom. The first kappa shape index (κ1) is 14.7. The first-order valence-electron chi connectivity index (χ1n) is 6.53. The summed E-state index contributed by atoms with van der Waals surface area (Å²) in [7, 11) is 1.98. The van der Waals surface area contributed by atoms with Crippen LogP contribution in [-0.4, -0.2) is 25.0 Å². The summed E-state index contributed by atoms with van der Waals surface area (Å²) in [6.07, 6.45) is 4.16. The predicted octanol–water partition coefficient (Wildman–Crippen LogP) is 2.69. The molecule has 0 saturated heterocycles. The summed E-state index contributed by atoms with van der Waals surface area (Å²) in [5.74, 6) is -0.409. The largest absolute Gasteiger partial charge is 0.349 e. The highest BCUT2D eigenvalue weighted by molar-refractivity contribution is 14.1. The molecule has 1 saturated carbocycles. The van der Waals surface area contributed by atoms with Crippen LogP contribution in [0.2, 0.25) is 0 Å². The Hall–Kier alpha value is -0.690. The first-order valence-corrected chi connectivity index (χ1v) is 7.61. The molecule has 2 rings (SSSR count). The van der Waals surface area contributed by atoms with E-state index in [4.69, 9.17) is 0 Å². The molecule has 1 aliphatic carbocycles. The average Bonchev–Trinajstić information content (AvgIpc) is 2.39. The fraction of sp³-hybridized carbons (Fsp3) is 0.500. The minimum absolute atomic E-state index is 0.0997. The van der Waals surface area contributed by atoms with Crippen molar-refractivity contribution in [1.29, 1.82) is 0 Å². The molecule has 104 valence electrons. The quantitative estimate of drug-likeness (QED) is 0.797. The molecule has 1 fully saturated rings. The van der Waals surface area contributed by atoms with Crippen molar-refractivity contribution in [1.82, 2.24) is 10.6 Å². The molecule has 0 spiro atoms. The molecule has 2 N–H and O–H groups in total.